The first-order valence-electron chi connectivity index (χ1n) is 12.2. The lowest BCUT2D eigenvalue weighted by Gasteiger charge is -2.17. The van der Waals surface area contributed by atoms with Crippen LogP contribution in [-0.4, -0.2) is 30.8 Å². The zero-order chi connectivity index (χ0) is 22.5. The van der Waals surface area contributed by atoms with Crippen LogP contribution in [0.5, 0.6) is 0 Å². The average Bonchev–Trinajstić information content (AvgIpc) is 2.70. The summed E-state index contributed by atoms with van der Waals surface area (Å²) in [4.78, 5) is 11.6. The Morgan fingerprint density at radius 1 is 0.833 bits per heavy atom. The van der Waals surface area contributed by atoms with E-state index in [4.69, 9.17) is 4.74 Å². The summed E-state index contributed by atoms with van der Waals surface area (Å²) >= 11 is 0. The van der Waals surface area contributed by atoms with Crippen LogP contribution in [0.15, 0.2) is 12.2 Å². The van der Waals surface area contributed by atoms with Crippen molar-refractivity contribution in [2.75, 3.05) is 6.61 Å². The van der Waals surface area contributed by atoms with E-state index in [1.54, 1.807) is 6.08 Å². The van der Waals surface area contributed by atoms with E-state index in [0.717, 1.165) is 77.0 Å². The summed E-state index contributed by atoms with van der Waals surface area (Å²) in [5.74, 6) is -0.0933. The first-order chi connectivity index (χ1) is 14.4. The molecule has 0 aromatic rings. The molecule has 0 aliphatic heterocycles. The van der Waals surface area contributed by atoms with Gasteiger partial charge in [-0.05, 0) is 32.1 Å². The quantitative estimate of drug-likeness (QED) is 0.0852. The number of hydrogen-bond donors (Lipinski definition) is 0. The predicted molar refractivity (Wildman–Crippen MR) is 123 cm³/mol. The molecule has 0 aliphatic carbocycles. The molecule has 30 heavy (non-hydrogen) atoms. The van der Waals surface area contributed by atoms with Crippen molar-refractivity contribution in [1.82, 2.24) is 0 Å². The molecule has 0 amide bonds. The Balaban J connectivity index is 3.77. The molecule has 0 saturated carbocycles. The second kappa shape index (κ2) is 20.0. The Morgan fingerprint density at radius 2 is 1.40 bits per heavy atom. The molecule has 0 radical (unpaired) electrons. The second-order valence-corrected chi connectivity index (χ2v) is 9.84. The highest BCUT2D eigenvalue weighted by Crippen LogP contribution is 2.15. The topological polar surface area (TPSA) is 83.5 Å². The summed E-state index contributed by atoms with van der Waals surface area (Å²) < 4.78 is 39.5. The summed E-state index contributed by atoms with van der Waals surface area (Å²) in [6, 6.07) is 0. The molecule has 5 nitrogen and oxygen atoms in total. The van der Waals surface area contributed by atoms with Crippen molar-refractivity contribution in [2.45, 2.75) is 128 Å². The SMILES string of the molecule is CCCCCCCCC(/C=C\CCCCCCCC(=O)OCCCCC)S(=O)(=O)[O-]. The normalized spacial score (nSPS) is 13.0. The van der Waals surface area contributed by atoms with E-state index in [0.29, 0.717) is 19.4 Å². The highest BCUT2D eigenvalue weighted by Gasteiger charge is 2.11. The highest BCUT2D eigenvalue weighted by atomic mass is 32.2. The number of unbranched alkanes of at least 4 members (excludes halogenated alkanes) is 12. The number of rotatable bonds is 21. The van der Waals surface area contributed by atoms with Crippen LogP contribution < -0.4 is 0 Å². The van der Waals surface area contributed by atoms with Gasteiger partial charge in [0.2, 0.25) is 0 Å². The summed E-state index contributed by atoms with van der Waals surface area (Å²) in [6.07, 6.45) is 19.8. The molecule has 1 atom stereocenters. The maximum atomic E-state index is 11.6. The largest absolute Gasteiger partial charge is 0.747 e. The standard InChI is InChI=1S/C24H46O5S/c1-3-5-7-8-12-15-19-23(30(26,27)28)20-16-13-10-9-11-14-17-21-24(25)29-22-18-6-4-2/h16,20,23H,3-15,17-19,21-22H2,1-2H3,(H,26,27,28)/p-1/b20-16-. The Hall–Kier alpha value is -0.880. The minimum atomic E-state index is -4.27. The molecule has 0 fully saturated rings. The third-order valence-electron chi connectivity index (χ3n) is 5.33. The number of carbonyl (C=O) groups excluding carboxylic acids is 1. The van der Waals surface area contributed by atoms with E-state index in [9.17, 15) is 17.8 Å². The van der Waals surface area contributed by atoms with Crippen molar-refractivity contribution in [3.63, 3.8) is 0 Å². The second-order valence-electron chi connectivity index (χ2n) is 8.25. The van der Waals surface area contributed by atoms with E-state index in [1.165, 1.54) is 19.3 Å². The molecule has 0 saturated heterocycles. The van der Waals surface area contributed by atoms with Gasteiger partial charge < -0.3 is 9.29 Å². The van der Waals surface area contributed by atoms with Gasteiger partial charge in [-0.3, -0.25) is 4.79 Å². The van der Waals surface area contributed by atoms with Crippen molar-refractivity contribution in [2.24, 2.45) is 0 Å². The fourth-order valence-electron chi connectivity index (χ4n) is 3.38. The summed E-state index contributed by atoms with van der Waals surface area (Å²) in [7, 11) is -4.27. The van der Waals surface area contributed by atoms with Gasteiger partial charge in [-0.1, -0.05) is 96.6 Å². The molecule has 0 spiro atoms. The lowest BCUT2D eigenvalue weighted by atomic mass is 10.1. The third-order valence-corrected chi connectivity index (χ3v) is 6.46. The first kappa shape index (κ1) is 29.1. The van der Waals surface area contributed by atoms with Gasteiger partial charge in [0.05, 0.1) is 11.9 Å². The van der Waals surface area contributed by atoms with Crippen LogP contribution in [0.25, 0.3) is 0 Å². The van der Waals surface area contributed by atoms with E-state index >= 15 is 0 Å². The molecular formula is C24H45O5S-. The predicted octanol–water partition coefficient (Wildman–Crippen LogP) is 6.67. The van der Waals surface area contributed by atoms with Crippen molar-refractivity contribution >= 4 is 16.1 Å². The molecule has 178 valence electrons. The fourth-order valence-corrected chi connectivity index (χ4v) is 4.14. The average molecular weight is 446 g/mol. The minimum Gasteiger partial charge on any atom is -0.747 e. The van der Waals surface area contributed by atoms with Crippen molar-refractivity contribution in [1.29, 1.82) is 0 Å². The number of esters is 1. The highest BCUT2D eigenvalue weighted by molar-refractivity contribution is 7.86. The third kappa shape index (κ3) is 19.1. The molecule has 0 N–H and O–H groups in total. The molecule has 0 aromatic heterocycles. The number of carbonyl (C=O) groups is 1. The Labute approximate surface area is 185 Å². The van der Waals surface area contributed by atoms with Gasteiger partial charge in [0, 0.05) is 6.42 Å². The molecule has 0 bridgehead atoms. The Kier molecular flexibility index (Phi) is 19.5. The summed E-state index contributed by atoms with van der Waals surface area (Å²) in [5.41, 5.74) is 0. The summed E-state index contributed by atoms with van der Waals surface area (Å²) in [6.45, 7) is 4.83. The van der Waals surface area contributed by atoms with E-state index < -0.39 is 15.4 Å². The van der Waals surface area contributed by atoms with Gasteiger partial charge in [0.1, 0.15) is 10.1 Å². The number of allylic oxidation sites excluding steroid dienone is 1. The van der Waals surface area contributed by atoms with Gasteiger partial charge in [0.25, 0.3) is 0 Å². The van der Waals surface area contributed by atoms with Crippen molar-refractivity contribution in [3.05, 3.63) is 12.2 Å². The lowest BCUT2D eigenvalue weighted by Crippen LogP contribution is -2.18. The van der Waals surface area contributed by atoms with Gasteiger partial charge in [-0.25, -0.2) is 8.42 Å². The summed E-state index contributed by atoms with van der Waals surface area (Å²) in [5, 5.41) is -0.882. The van der Waals surface area contributed by atoms with Gasteiger partial charge in [0.15, 0.2) is 0 Å². The van der Waals surface area contributed by atoms with Gasteiger partial charge in [-0.2, -0.15) is 0 Å². The molecule has 0 aromatic carbocycles. The van der Waals surface area contributed by atoms with Crippen LogP contribution >= 0.6 is 0 Å². The molecule has 6 heteroatoms. The van der Waals surface area contributed by atoms with Crippen LogP contribution in [-0.2, 0) is 19.6 Å². The van der Waals surface area contributed by atoms with Crippen LogP contribution in [0.4, 0.5) is 0 Å². The van der Waals surface area contributed by atoms with Gasteiger partial charge in [-0.15, -0.1) is 0 Å². The van der Waals surface area contributed by atoms with Crippen molar-refractivity contribution < 1.29 is 22.5 Å². The number of ether oxygens (including phenoxy) is 1. The maximum Gasteiger partial charge on any atom is 0.305 e. The smallest absolute Gasteiger partial charge is 0.305 e. The van der Waals surface area contributed by atoms with E-state index in [1.807, 2.05) is 6.08 Å². The molecule has 1 unspecified atom stereocenters. The van der Waals surface area contributed by atoms with Crippen molar-refractivity contribution in [3.8, 4) is 0 Å². The molecule has 0 aliphatic rings. The van der Waals surface area contributed by atoms with E-state index in [-0.39, 0.29) is 5.97 Å². The van der Waals surface area contributed by atoms with Crippen LogP contribution in [0.3, 0.4) is 0 Å². The molecule has 0 heterocycles. The zero-order valence-electron chi connectivity index (χ0n) is 19.4. The minimum absolute atomic E-state index is 0.0933. The maximum absolute atomic E-state index is 11.6. The Bertz CT molecular complexity index is 528. The van der Waals surface area contributed by atoms with E-state index in [2.05, 4.69) is 13.8 Å². The molecule has 0 rings (SSSR count). The van der Waals surface area contributed by atoms with Crippen LogP contribution in [0.2, 0.25) is 0 Å². The van der Waals surface area contributed by atoms with Gasteiger partial charge >= 0.3 is 5.97 Å². The lowest BCUT2D eigenvalue weighted by molar-refractivity contribution is -0.143. The fraction of sp³-hybridized carbons (Fsp3) is 0.875. The monoisotopic (exact) mass is 445 g/mol. The first-order valence-corrected chi connectivity index (χ1v) is 13.7. The number of hydrogen-bond acceptors (Lipinski definition) is 5. The zero-order valence-corrected chi connectivity index (χ0v) is 20.2. The molecular weight excluding hydrogens is 400 g/mol. The van der Waals surface area contributed by atoms with Crippen LogP contribution in [0.1, 0.15) is 123 Å². The van der Waals surface area contributed by atoms with Crippen LogP contribution in [0, 0.1) is 0 Å². The Morgan fingerprint density at radius 3 is 2.07 bits per heavy atom.